The van der Waals surface area contributed by atoms with Gasteiger partial charge in [-0.25, -0.2) is 8.42 Å². The maximum absolute atomic E-state index is 12.1. The molecule has 0 radical (unpaired) electrons. The van der Waals surface area contributed by atoms with Crippen molar-refractivity contribution >= 4 is 32.5 Å². The van der Waals surface area contributed by atoms with Gasteiger partial charge in [0, 0.05) is 10.9 Å². The molecule has 1 aromatic carbocycles. The first-order valence-electron chi connectivity index (χ1n) is 6.25. The number of ether oxygens (including phenoxy) is 1. The largest absolute Gasteiger partial charge is 0.573 e. The molecule has 22 heavy (non-hydrogen) atoms. The number of amidine groups is 1. The van der Waals surface area contributed by atoms with E-state index in [-0.39, 0.29) is 33.7 Å². The highest BCUT2D eigenvalue weighted by Gasteiger charge is 2.48. The van der Waals surface area contributed by atoms with Crippen LogP contribution in [0.3, 0.4) is 0 Å². The molecular weight excluding hydrogens is 341 g/mol. The predicted molar refractivity (Wildman–Crippen MR) is 77.2 cm³/mol. The second-order valence-electron chi connectivity index (χ2n) is 5.02. The lowest BCUT2D eigenvalue weighted by Crippen LogP contribution is -2.37. The third kappa shape index (κ3) is 3.02. The molecule has 2 saturated heterocycles. The number of alkyl halides is 3. The summed E-state index contributed by atoms with van der Waals surface area (Å²) in [5, 5.41) is 7.95. The van der Waals surface area contributed by atoms with Crippen LogP contribution in [-0.2, 0) is 9.84 Å². The zero-order valence-corrected chi connectivity index (χ0v) is 12.6. The van der Waals surface area contributed by atoms with E-state index in [9.17, 15) is 21.6 Å². The summed E-state index contributed by atoms with van der Waals surface area (Å²) < 4.78 is 63.5. The quantitative estimate of drug-likeness (QED) is 0.884. The number of nitrogens with one attached hydrogen (secondary N) is 1. The van der Waals surface area contributed by atoms with Crippen molar-refractivity contribution in [3.8, 4) is 5.75 Å². The first-order valence-corrected chi connectivity index (χ1v) is 8.95. The highest BCUT2D eigenvalue weighted by atomic mass is 32.2. The fraction of sp³-hybridized carbons (Fsp3) is 0.417. The van der Waals surface area contributed by atoms with E-state index in [0.29, 0.717) is 5.69 Å². The van der Waals surface area contributed by atoms with Crippen LogP contribution in [-0.4, -0.2) is 42.7 Å². The second kappa shape index (κ2) is 5.05. The van der Waals surface area contributed by atoms with Gasteiger partial charge in [-0.1, -0.05) is 11.8 Å². The average Bonchev–Trinajstić information content (AvgIpc) is 2.79. The van der Waals surface area contributed by atoms with Crippen LogP contribution in [0.2, 0.25) is 0 Å². The van der Waals surface area contributed by atoms with E-state index in [1.54, 1.807) is 4.90 Å². The molecule has 2 heterocycles. The van der Waals surface area contributed by atoms with E-state index in [0.717, 1.165) is 12.1 Å². The molecular formula is C12H11F3N2O3S2. The molecule has 0 bridgehead atoms. The molecule has 0 spiro atoms. The van der Waals surface area contributed by atoms with Gasteiger partial charge >= 0.3 is 6.36 Å². The molecule has 2 fully saturated rings. The summed E-state index contributed by atoms with van der Waals surface area (Å²) in [5.74, 6) is -0.380. The number of fused-ring (bicyclic) bond motifs is 1. The summed E-state index contributed by atoms with van der Waals surface area (Å²) >= 11 is 1.17. The van der Waals surface area contributed by atoms with Gasteiger partial charge in [-0.3, -0.25) is 5.41 Å². The van der Waals surface area contributed by atoms with Crippen molar-refractivity contribution in [1.29, 1.82) is 5.41 Å². The Morgan fingerprint density at radius 1 is 1.23 bits per heavy atom. The van der Waals surface area contributed by atoms with Crippen LogP contribution in [0.4, 0.5) is 18.9 Å². The number of rotatable bonds is 2. The van der Waals surface area contributed by atoms with Crippen molar-refractivity contribution in [2.75, 3.05) is 16.4 Å². The van der Waals surface area contributed by atoms with Crippen molar-refractivity contribution in [3.63, 3.8) is 0 Å². The van der Waals surface area contributed by atoms with E-state index in [4.69, 9.17) is 5.41 Å². The number of anilines is 1. The van der Waals surface area contributed by atoms with Crippen molar-refractivity contribution in [1.82, 2.24) is 0 Å². The van der Waals surface area contributed by atoms with Gasteiger partial charge in [-0.2, -0.15) is 0 Å². The highest BCUT2D eigenvalue weighted by Crippen LogP contribution is 2.40. The molecule has 1 N–H and O–H groups in total. The lowest BCUT2D eigenvalue weighted by molar-refractivity contribution is -0.274. The number of thioether (sulfide) groups is 1. The van der Waals surface area contributed by atoms with Crippen LogP contribution in [0.5, 0.6) is 5.75 Å². The molecule has 5 nitrogen and oxygen atoms in total. The first-order chi connectivity index (χ1) is 10.1. The fourth-order valence-corrected chi connectivity index (χ4v) is 6.41. The van der Waals surface area contributed by atoms with Gasteiger partial charge in [0.2, 0.25) is 0 Å². The molecule has 2 aliphatic rings. The van der Waals surface area contributed by atoms with Crippen LogP contribution >= 0.6 is 11.8 Å². The average molecular weight is 352 g/mol. The Kier molecular flexibility index (Phi) is 3.55. The van der Waals surface area contributed by atoms with Crippen molar-refractivity contribution in [2.24, 2.45) is 0 Å². The summed E-state index contributed by atoms with van der Waals surface area (Å²) in [7, 11) is -3.13. The zero-order chi connectivity index (χ0) is 16.1. The molecule has 120 valence electrons. The fourth-order valence-electron chi connectivity index (χ4n) is 2.62. The van der Waals surface area contributed by atoms with Crippen molar-refractivity contribution in [2.45, 2.75) is 17.7 Å². The number of hydrogen-bond donors (Lipinski definition) is 1. The summed E-state index contributed by atoms with van der Waals surface area (Å²) in [6.45, 7) is 0. The molecule has 1 aromatic rings. The number of nitrogens with zero attached hydrogens (tertiary/aromatic N) is 1. The second-order valence-corrected chi connectivity index (χ2v) is 8.40. The van der Waals surface area contributed by atoms with E-state index in [1.807, 2.05) is 0 Å². The minimum atomic E-state index is -4.76. The van der Waals surface area contributed by atoms with E-state index in [1.165, 1.54) is 23.9 Å². The molecule has 3 rings (SSSR count). The minimum Gasteiger partial charge on any atom is -0.406 e. The third-order valence-corrected chi connectivity index (χ3v) is 6.56. The predicted octanol–water partition coefficient (Wildman–Crippen LogP) is 2.24. The molecule has 0 amide bonds. The maximum atomic E-state index is 12.1. The summed E-state index contributed by atoms with van der Waals surface area (Å²) in [5.41, 5.74) is 0.483. The smallest absolute Gasteiger partial charge is 0.406 e. The molecule has 0 saturated carbocycles. The maximum Gasteiger partial charge on any atom is 0.573 e. The monoisotopic (exact) mass is 352 g/mol. The first kappa shape index (κ1) is 15.5. The SMILES string of the molecule is N=C1S[C@H]2CS(=O)(=O)C[C@@H]2N1c1ccc(OC(F)(F)F)cc1. The van der Waals surface area contributed by atoms with Gasteiger partial charge < -0.3 is 9.64 Å². The number of benzene rings is 1. The van der Waals surface area contributed by atoms with Crippen LogP contribution in [0.1, 0.15) is 0 Å². The van der Waals surface area contributed by atoms with Crippen LogP contribution in [0, 0.1) is 5.41 Å². The van der Waals surface area contributed by atoms with Gasteiger partial charge in [-0.15, -0.1) is 13.2 Å². The number of sulfone groups is 1. The molecule has 0 aromatic heterocycles. The Hall–Kier alpha value is -1.42. The summed E-state index contributed by atoms with van der Waals surface area (Å²) in [4.78, 5) is 1.55. The van der Waals surface area contributed by atoms with Gasteiger partial charge in [0.15, 0.2) is 15.0 Å². The van der Waals surface area contributed by atoms with E-state index < -0.39 is 16.2 Å². The van der Waals surface area contributed by atoms with Crippen molar-refractivity contribution < 1.29 is 26.3 Å². The number of hydrogen-bond acceptors (Lipinski definition) is 5. The minimum absolute atomic E-state index is 0.0243. The molecule has 0 aliphatic carbocycles. The van der Waals surface area contributed by atoms with E-state index >= 15 is 0 Å². The molecule has 2 atom stereocenters. The molecule has 0 unspecified atom stereocenters. The Balaban J connectivity index is 1.83. The zero-order valence-electron chi connectivity index (χ0n) is 11.0. The Morgan fingerprint density at radius 2 is 1.86 bits per heavy atom. The number of halogens is 3. The standard InChI is InChI=1S/C12H11F3N2O3S2/c13-12(14,15)20-8-3-1-7(2-4-8)17-9-5-22(18,19)6-10(9)21-11(17)16/h1-4,9-10,16H,5-6H2/t9-,10-/m0/s1. The lowest BCUT2D eigenvalue weighted by Gasteiger charge is -2.24. The van der Waals surface area contributed by atoms with Gasteiger partial charge in [0.1, 0.15) is 5.75 Å². The van der Waals surface area contributed by atoms with Gasteiger partial charge in [-0.05, 0) is 24.3 Å². The van der Waals surface area contributed by atoms with Gasteiger partial charge in [0.25, 0.3) is 0 Å². The topological polar surface area (TPSA) is 70.5 Å². The van der Waals surface area contributed by atoms with Crippen LogP contribution < -0.4 is 9.64 Å². The highest BCUT2D eigenvalue weighted by molar-refractivity contribution is 8.15. The van der Waals surface area contributed by atoms with E-state index in [2.05, 4.69) is 4.74 Å². The van der Waals surface area contributed by atoms with Gasteiger partial charge in [0.05, 0.1) is 17.5 Å². The summed E-state index contributed by atoms with van der Waals surface area (Å²) in [6, 6.07) is 4.74. The van der Waals surface area contributed by atoms with Crippen LogP contribution in [0.15, 0.2) is 24.3 Å². The Labute approximate surface area is 128 Å². The summed E-state index contributed by atoms with van der Waals surface area (Å²) in [6.07, 6.45) is -4.76. The molecule has 10 heteroatoms. The Morgan fingerprint density at radius 3 is 2.45 bits per heavy atom. The Bertz CT molecular complexity index is 703. The van der Waals surface area contributed by atoms with Crippen LogP contribution in [0.25, 0.3) is 0 Å². The normalized spacial score (nSPS) is 27.0. The lowest BCUT2D eigenvalue weighted by atomic mass is 10.2. The van der Waals surface area contributed by atoms with Crippen molar-refractivity contribution in [3.05, 3.63) is 24.3 Å². The third-order valence-electron chi connectivity index (χ3n) is 3.43. The molecule has 2 aliphatic heterocycles.